The Hall–Kier alpha value is -2.61. The lowest BCUT2D eigenvalue weighted by atomic mass is 10.1. The Bertz CT molecular complexity index is 753. The second-order valence-corrected chi connectivity index (χ2v) is 5.37. The van der Waals surface area contributed by atoms with Crippen LogP contribution in [-0.2, 0) is 11.2 Å². The lowest BCUT2D eigenvalue weighted by Crippen LogP contribution is -2.13. The van der Waals surface area contributed by atoms with E-state index in [1.54, 1.807) is 13.8 Å². The lowest BCUT2D eigenvalue weighted by molar-refractivity contribution is -0.385. The molecule has 0 bridgehead atoms. The third-order valence-corrected chi connectivity index (χ3v) is 3.53. The second kappa shape index (κ2) is 6.66. The zero-order chi connectivity index (χ0) is 17.1. The molecule has 0 unspecified atom stereocenters. The van der Waals surface area contributed by atoms with Gasteiger partial charge in [0.1, 0.15) is 5.76 Å². The standard InChI is InChI=1S/C14H14ClN3O5/c1-7-10(8(2)23-17-7)3-4-13(19)16-11-5-9(15)6-12(14(11)20)18(21)22/h5-6,20H,3-4H2,1-2H3,(H,16,19). The first kappa shape index (κ1) is 16.8. The van der Waals surface area contributed by atoms with Crippen LogP contribution in [0.4, 0.5) is 11.4 Å². The monoisotopic (exact) mass is 339 g/mol. The predicted octanol–water partition coefficient (Wildman–Crippen LogP) is 3.13. The number of nitrogens with zero attached hydrogens (tertiary/aromatic N) is 2. The van der Waals surface area contributed by atoms with Gasteiger partial charge in [-0.1, -0.05) is 16.8 Å². The molecule has 9 heteroatoms. The van der Waals surface area contributed by atoms with Gasteiger partial charge < -0.3 is 14.9 Å². The Kier molecular flexibility index (Phi) is 4.85. The van der Waals surface area contributed by atoms with Crippen LogP contribution in [0.25, 0.3) is 0 Å². The highest BCUT2D eigenvalue weighted by molar-refractivity contribution is 6.31. The van der Waals surface area contributed by atoms with Gasteiger partial charge in [-0.15, -0.1) is 0 Å². The van der Waals surface area contributed by atoms with Gasteiger partial charge in [-0.3, -0.25) is 14.9 Å². The van der Waals surface area contributed by atoms with Crippen molar-refractivity contribution in [3.63, 3.8) is 0 Å². The predicted molar refractivity (Wildman–Crippen MR) is 82.7 cm³/mol. The first-order valence-corrected chi connectivity index (χ1v) is 7.06. The summed E-state index contributed by atoms with van der Waals surface area (Å²) in [5.41, 5.74) is 0.865. The average Bonchev–Trinajstić information content (AvgIpc) is 2.79. The molecule has 1 aromatic heterocycles. The summed E-state index contributed by atoms with van der Waals surface area (Å²) in [5, 5.41) is 26.9. The second-order valence-electron chi connectivity index (χ2n) is 4.93. The Morgan fingerprint density at radius 3 is 2.74 bits per heavy atom. The van der Waals surface area contributed by atoms with Crippen molar-refractivity contribution >= 4 is 28.9 Å². The molecule has 0 saturated heterocycles. The van der Waals surface area contributed by atoms with Crippen LogP contribution in [-0.4, -0.2) is 21.1 Å². The number of phenols is 1. The van der Waals surface area contributed by atoms with Crippen LogP contribution in [0.3, 0.4) is 0 Å². The van der Waals surface area contributed by atoms with Crippen LogP contribution < -0.4 is 5.32 Å². The van der Waals surface area contributed by atoms with Gasteiger partial charge in [-0.2, -0.15) is 0 Å². The van der Waals surface area contributed by atoms with Crippen molar-refractivity contribution in [1.82, 2.24) is 5.16 Å². The largest absolute Gasteiger partial charge is 0.501 e. The van der Waals surface area contributed by atoms with E-state index in [-0.39, 0.29) is 17.1 Å². The van der Waals surface area contributed by atoms with Crippen molar-refractivity contribution in [2.24, 2.45) is 0 Å². The van der Waals surface area contributed by atoms with Gasteiger partial charge in [0.05, 0.1) is 16.3 Å². The van der Waals surface area contributed by atoms with Gasteiger partial charge in [-0.05, 0) is 26.3 Å². The summed E-state index contributed by atoms with van der Waals surface area (Å²) in [5.74, 6) is -0.418. The molecule has 0 saturated carbocycles. The van der Waals surface area contributed by atoms with Gasteiger partial charge in [0.2, 0.25) is 11.7 Å². The number of nitrogens with one attached hydrogen (secondary N) is 1. The molecule has 2 rings (SSSR count). The van der Waals surface area contributed by atoms with Gasteiger partial charge in [0.25, 0.3) is 0 Å². The molecule has 2 N–H and O–H groups in total. The number of aromatic nitrogens is 1. The van der Waals surface area contributed by atoms with E-state index in [0.717, 1.165) is 11.6 Å². The van der Waals surface area contributed by atoms with E-state index in [2.05, 4.69) is 10.5 Å². The van der Waals surface area contributed by atoms with Crippen LogP contribution >= 0.6 is 11.6 Å². The maximum absolute atomic E-state index is 12.0. The summed E-state index contributed by atoms with van der Waals surface area (Å²) in [7, 11) is 0. The number of hydrogen-bond acceptors (Lipinski definition) is 6. The first-order valence-electron chi connectivity index (χ1n) is 6.68. The molecule has 0 aliphatic heterocycles. The number of rotatable bonds is 5. The number of aryl methyl sites for hydroxylation is 2. The summed E-state index contributed by atoms with van der Waals surface area (Å²) in [6.45, 7) is 3.52. The zero-order valence-electron chi connectivity index (χ0n) is 12.4. The Morgan fingerprint density at radius 1 is 1.48 bits per heavy atom. The van der Waals surface area contributed by atoms with Crippen molar-refractivity contribution in [2.45, 2.75) is 26.7 Å². The summed E-state index contributed by atoms with van der Waals surface area (Å²) in [6, 6.07) is 2.26. The molecule has 0 spiro atoms. The molecule has 0 aliphatic carbocycles. The van der Waals surface area contributed by atoms with E-state index in [4.69, 9.17) is 16.1 Å². The lowest BCUT2D eigenvalue weighted by Gasteiger charge is -2.08. The molecule has 2 aromatic rings. The fourth-order valence-corrected chi connectivity index (χ4v) is 2.34. The number of carbonyl (C=O) groups is 1. The minimum Gasteiger partial charge on any atom is -0.501 e. The van der Waals surface area contributed by atoms with E-state index >= 15 is 0 Å². The molecule has 122 valence electrons. The molecule has 0 atom stereocenters. The smallest absolute Gasteiger partial charge is 0.314 e. The highest BCUT2D eigenvalue weighted by Crippen LogP contribution is 2.37. The minimum atomic E-state index is -0.777. The van der Waals surface area contributed by atoms with Crippen molar-refractivity contribution in [2.75, 3.05) is 5.32 Å². The molecule has 23 heavy (non-hydrogen) atoms. The number of nitro benzene ring substituents is 1. The highest BCUT2D eigenvalue weighted by Gasteiger charge is 2.20. The topological polar surface area (TPSA) is 119 Å². The van der Waals surface area contributed by atoms with Gasteiger partial charge in [0.15, 0.2) is 0 Å². The Balaban J connectivity index is 2.10. The molecule has 1 aromatic carbocycles. The maximum atomic E-state index is 12.0. The summed E-state index contributed by atoms with van der Waals surface area (Å²) in [6.07, 6.45) is 0.499. The molecular weight excluding hydrogens is 326 g/mol. The SMILES string of the molecule is Cc1noc(C)c1CCC(=O)Nc1cc(Cl)cc([N+](=O)[O-])c1O. The fourth-order valence-electron chi connectivity index (χ4n) is 2.13. The molecular formula is C14H14ClN3O5. The van der Waals surface area contributed by atoms with Crippen molar-refractivity contribution < 1.29 is 19.3 Å². The highest BCUT2D eigenvalue weighted by atomic mass is 35.5. The number of carbonyl (C=O) groups excluding carboxylic acids is 1. The van der Waals surface area contributed by atoms with Crippen LogP contribution in [0, 0.1) is 24.0 Å². The van der Waals surface area contributed by atoms with Crippen LogP contribution in [0.2, 0.25) is 5.02 Å². The van der Waals surface area contributed by atoms with E-state index in [1.165, 1.54) is 6.07 Å². The van der Waals surface area contributed by atoms with Crippen molar-refractivity contribution in [3.05, 3.63) is 44.3 Å². The molecule has 8 nitrogen and oxygen atoms in total. The van der Waals surface area contributed by atoms with E-state index in [9.17, 15) is 20.0 Å². The van der Waals surface area contributed by atoms with Crippen molar-refractivity contribution in [1.29, 1.82) is 0 Å². The van der Waals surface area contributed by atoms with Crippen LogP contribution in [0.15, 0.2) is 16.7 Å². The molecule has 0 aliphatic rings. The number of aromatic hydroxyl groups is 1. The van der Waals surface area contributed by atoms with E-state index in [0.29, 0.717) is 17.9 Å². The Morgan fingerprint density at radius 2 is 2.17 bits per heavy atom. The summed E-state index contributed by atoms with van der Waals surface area (Å²) < 4.78 is 5.01. The number of benzene rings is 1. The summed E-state index contributed by atoms with van der Waals surface area (Å²) in [4.78, 5) is 22.0. The molecule has 1 heterocycles. The van der Waals surface area contributed by atoms with Crippen LogP contribution in [0.1, 0.15) is 23.4 Å². The summed E-state index contributed by atoms with van der Waals surface area (Å²) >= 11 is 5.76. The molecule has 0 radical (unpaired) electrons. The third kappa shape index (κ3) is 3.78. The minimum absolute atomic E-state index is 0.0375. The number of halogens is 1. The normalized spacial score (nSPS) is 10.6. The quantitative estimate of drug-likeness (QED) is 0.490. The maximum Gasteiger partial charge on any atom is 0.314 e. The number of amides is 1. The number of phenolic OH excluding ortho intramolecular Hbond substituents is 1. The van der Waals surface area contributed by atoms with Gasteiger partial charge in [0, 0.05) is 23.1 Å². The first-order chi connectivity index (χ1) is 10.8. The average molecular weight is 340 g/mol. The van der Waals surface area contributed by atoms with Gasteiger partial charge in [-0.25, -0.2) is 0 Å². The Labute approximate surface area is 136 Å². The van der Waals surface area contributed by atoms with E-state index in [1.807, 2.05) is 0 Å². The number of hydrogen-bond donors (Lipinski definition) is 2. The van der Waals surface area contributed by atoms with Crippen LogP contribution in [0.5, 0.6) is 5.75 Å². The number of nitro groups is 1. The van der Waals surface area contributed by atoms with E-state index < -0.39 is 22.3 Å². The zero-order valence-corrected chi connectivity index (χ0v) is 13.2. The fraction of sp³-hybridized carbons (Fsp3) is 0.286. The third-order valence-electron chi connectivity index (χ3n) is 3.31. The molecule has 1 amide bonds. The molecule has 0 fully saturated rings. The van der Waals surface area contributed by atoms with Gasteiger partial charge >= 0.3 is 5.69 Å². The number of anilines is 1. The van der Waals surface area contributed by atoms with Crippen molar-refractivity contribution in [3.8, 4) is 5.75 Å².